The predicted octanol–water partition coefficient (Wildman–Crippen LogP) is 5.91. The second kappa shape index (κ2) is 6.50. The Morgan fingerprint density at radius 2 is 1.88 bits per heavy atom. The van der Waals surface area contributed by atoms with Gasteiger partial charge in [-0.3, -0.25) is 4.79 Å². The first-order valence-electron chi connectivity index (χ1n) is 10.1. The molecule has 4 aliphatic rings. The smallest absolute Gasteiger partial charge is 0.302 e. The molecule has 0 saturated heterocycles. The Labute approximate surface area is 148 Å². The molecule has 0 heterocycles. The van der Waals surface area contributed by atoms with E-state index in [9.17, 15) is 4.79 Å². The van der Waals surface area contributed by atoms with E-state index >= 15 is 0 Å². The number of carbonyl (C=O) groups excluding carboxylic acids is 1. The average molecular weight is 333 g/mol. The van der Waals surface area contributed by atoms with Gasteiger partial charge in [0.1, 0.15) is 6.10 Å². The fourth-order valence-electron chi connectivity index (χ4n) is 6.03. The fourth-order valence-corrected chi connectivity index (χ4v) is 6.03. The van der Waals surface area contributed by atoms with Crippen LogP contribution >= 0.6 is 0 Å². The third kappa shape index (κ3) is 3.06. The van der Waals surface area contributed by atoms with Gasteiger partial charge >= 0.3 is 5.97 Å². The number of hydrogen-bond acceptors (Lipinski definition) is 2. The molecule has 4 saturated carbocycles. The Kier molecular flexibility index (Phi) is 4.88. The van der Waals surface area contributed by atoms with Crippen molar-refractivity contribution in [1.29, 1.82) is 0 Å². The zero-order chi connectivity index (χ0) is 17.5. The molecule has 24 heavy (non-hydrogen) atoms. The highest BCUT2D eigenvalue weighted by atomic mass is 16.5. The van der Waals surface area contributed by atoms with Crippen molar-refractivity contribution in [3.63, 3.8) is 0 Å². The molecule has 4 fully saturated rings. The minimum absolute atomic E-state index is 0.125. The normalized spacial score (nSPS) is 42.2. The van der Waals surface area contributed by atoms with E-state index in [1.165, 1.54) is 58.3 Å². The van der Waals surface area contributed by atoms with Crippen LogP contribution in [0.1, 0.15) is 85.5 Å². The van der Waals surface area contributed by atoms with Crippen molar-refractivity contribution >= 4 is 5.97 Å². The second-order valence-electron chi connectivity index (χ2n) is 9.64. The Balaban J connectivity index is 0.000000149. The minimum atomic E-state index is -0.125. The minimum Gasteiger partial charge on any atom is -0.462 e. The van der Waals surface area contributed by atoms with Crippen molar-refractivity contribution in [2.24, 2.45) is 28.6 Å². The second-order valence-corrected chi connectivity index (χ2v) is 9.64. The van der Waals surface area contributed by atoms with Gasteiger partial charge in [-0.2, -0.15) is 0 Å². The lowest BCUT2D eigenvalue weighted by atomic mass is 9.70. The highest BCUT2D eigenvalue weighted by molar-refractivity contribution is 5.66. The van der Waals surface area contributed by atoms with E-state index in [4.69, 9.17) is 4.74 Å². The topological polar surface area (TPSA) is 26.3 Å². The van der Waals surface area contributed by atoms with Gasteiger partial charge in [-0.15, -0.1) is 0 Å². The van der Waals surface area contributed by atoms with Crippen LogP contribution < -0.4 is 0 Å². The van der Waals surface area contributed by atoms with E-state index < -0.39 is 0 Å². The molecule has 2 nitrogen and oxygen atoms in total. The molecule has 4 rings (SSSR count). The molecule has 0 aromatic rings. The van der Waals surface area contributed by atoms with Gasteiger partial charge in [0.25, 0.3) is 0 Å². The maximum Gasteiger partial charge on any atom is 0.302 e. The van der Waals surface area contributed by atoms with Crippen LogP contribution in [0.25, 0.3) is 0 Å². The number of carbonyl (C=O) groups is 1. The number of allylic oxidation sites excluding steroid dienone is 1. The summed E-state index contributed by atoms with van der Waals surface area (Å²) in [5, 5.41) is 0. The maximum atomic E-state index is 11.0. The molecule has 0 radical (unpaired) electrons. The van der Waals surface area contributed by atoms with Gasteiger partial charge in [0.05, 0.1) is 0 Å². The molecule has 0 aromatic heterocycles. The van der Waals surface area contributed by atoms with Crippen molar-refractivity contribution in [3.05, 3.63) is 12.2 Å². The summed E-state index contributed by atoms with van der Waals surface area (Å²) >= 11 is 0. The molecule has 4 aliphatic carbocycles. The highest BCUT2D eigenvalue weighted by Gasteiger charge is 2.62. The summed E-state index contributed by atoms with van der Waals surface area (Å²) < 4.78 is 5.44. The van der Waals surface area contributed by atoms with Crippen LogP contribution in [0, 0.1) is 28.6 Å². The van der Waals surface area contributed by atoms with Crippen LogP contribution in [0.4, 0.5) is 0 Å². The lowest BCUT2D eigenvalue weighted by molar-refractivity contribution is -0.154. The van der Waals surface area contributed by atoms with Crippen molar-refractivity contribution in [1.82, 2.24) is 0 Å². The van der Waals surface area contributed by atoms with E-state index in [1.54, 1.807) is 5.57 Å². The van der Waals surface area contributed by atoms with Crippen LogP contribution in [0.3, 0.4) is 0 Å². The predicted molar refractivity (Wildman–Crippen MR) is 98.6 cm³/mol. The monoisotopic (exact) mass is 332 g/mol. The molecule has 0 aromatic carbocycles. The SMILES string of the molecule is C=C1CCC2CCCC1C2.CC(=O)O[C@@H]1C[C@@H]2CC[C@@]1(C)C2(C)C. The van der Waals surface area contributed by atoms with E-state index in [0.29, 0.717) is 5.41 Å². The largest absolute Gasteiger partial charge is 0.462 e. The van der Waals surface area contributed by atoms with Gasteiger partial charge in [0.2, 0.25) is 0 Å². The molecular formula is C22H36O2. The van der Waals surface area contributed by atoms with E-state index in [1.807, 2.05) is 0 Å². The standard InChI is InChI=1S/C12H20O2.C10H16/c1-8(13)14-10-7-9-5-6-12(10,4)11(9,2)3;1-8-5-6-9-3-2-4-10(8)7-9/h9-10H,5-7H2,1-4H3;9-10H,1-7H2/t9-,10+,12+;/m0./s1. The summed E-state index contributed by atoms with van der Waals surface area (Å²) in [6, 6.07) is 0. The van der Waals surface area contributed by atoms with Crippen molar-refractivity contribution in [2.45, 2.75) is 91.6 Å². The summed E-state index contributed by atoms with van der Waals surface area (Å²) in [5.41, 5.74) is 2.10. The molecule has 136 valence electrons. The Morgan fingerprint density at radius 3 is 2.42 bits per heavy atom. The molecule has 2 unspecified atom stereocenters. The first kappa shape index (κ1) is 18.0. The van der Waals surface area contributed by atoms with Gasteiger partial charge in [-0.1, -0.05) is 45.8 Å². The van der Waals surface area contributed by atoms with Crippen LogP contribution in [0.5, 0.6) is 0 Å². The van der Waals surface area contributed by atoms with Gasteiger partial charge in [-0.25, -0.2) is 0 Å². The van der Waals surface area contributed by atoms with E-state index in [-0.39, 0.29) is 17.5 Å². The summed E-state index contributed by atoms with van der Waals surface area (Å²) in [5.74, 6) is 2.62. The van der Waals surface area contributed by atoms with Gasteiger partial charge in [0, 0.05) is 12.3 Å². The molecule has 0 amide bonds. The third-order valence-corrected chi connectivity index (χ3v) is 8.26. The fraction of sp³-hybridized carbons (Fsp3) is 0.864. The molecule has 0 spiro atoms. The summed E-state index contributed by atoms with van der Waals surface area (Å²) in [6.45, 7) is 12.6. The number of hydrogen-bond donors (Lipinski definition) is 0. The lowest BCUT2D eigenvalue weighted by Gasteiger charge is -2.38. The van der Waals surface area contributed by atoms with Crippen molar-refractivity contribution < 1.29 is 9.53 Å². The third-order valence-electron chi connectivity index (χ3n) is 8.26. The molecule has 4 bridgehead atoms. The zero-order valence-corrected chi connectivity index (χ0v) is 16.2. The van der Waals surface area contributed by atoms with Crippen LogP contribution in [0.2, 0.25) is 0 Å². The first-order chi connectivity index (χ1) is 11.2. The molecule has 0 aliphatic heterocycles. The summed E-state index contributed by atoms with van der Waals surface area (Å²) in [4.78, 5) is 11.0. The Bertz CT molecular complexity index is 506. The molecule has 2 heteroatoms. The Hall–Kier alpha value is -0.790. The van der Waals surface area contributed by atoms with Gasteiger partial charge in [-0.05, 0) is 68.1 Å². The quantitative estimate of drug-likeness (QED) is 0.441. The molecule has 0 N–H and O–H groups in total. The van der Waals surface area contributed by atoms with Crippen molar-refractivity contribution in [2.75, 3.05) is 0 Å². The number of fused-ring (bicyclic) bond motifs is 4. The highest BCUT2D eigenvalue weighted by Crippen LogP contribution is 2.66. The first-order valence-corrected chi connectivity index (χ1v) is 10.1. The zero-order valence-electron chi connectivity index (χ0n) is 16.2. The van der Waals surface area contributed by atoms with Gasteiger partial charge in [0.15, 0.2) is 0 Å². The molecule has 5 atom stereocenters. The summed E-state index contributed by atoms with van der Waals surface area (Å²) in [7, 11) is 0. The van der Waals surface area contributed by atoms with Gasteiger partial charge < -0.3 is 4.74 Å². The van der Waals surface area contributed by atoms with Crippen LogP contribution in [-0.2, 0) is 9.53 Å². The number of ether oxygens (including phenoxy) is 1. The average Bonchev–Trinajstić information content (AvgIpc) is 2.85. The number of rotatable bonds is 1. The van der Waals surface area contributed by atoms with Crippen molar-refractivity contribution in [3.8, 4) is 0 Å². The lowest BCUT2D eigenvalue weighted by Crippen LogP contribution is -2.37. The Morgan fingerprint density at radius 1 is 1.12 bits per heavy atom. The molecular weight excluding hydrogens is 296 g/mol. The van der Waals surface area contributed by atoms with Crippen LogP contribution in [0.15, 0.2) is 12.2 Å². The van der Waals surface area contributed by atoms with E-state index in [2.05, 4.69) is 27.4 Å². The number of esters is 1. The summed E-state index contributed by atoms with van der Waals surface area (Å²) in [6.07, 6.45) is 12.4. The van der Waals surface area contributed by atoms with E-state index in [0.717, 1.165) is 24.2 Å². The van der Waals surface area contributed by atoms with Crippen LogP contribution in [-0.4, -0.2) is 12.1 Å². The maximum absolute atomic E-state index is 11.0.